The van der Waals surface area contributed by atoms with Gasteiger partial charge in [0, 0.05) is 57.5 Å². The van der Waals surface area contributed by atoms with Crippen molar-refractivity contribution in [2.75, 3.05) is 12.4 Å². The summed E-state index contributed by atoms with van der Waals surface area (Å²) >= 11 is 1.76. The highest BCUT2D eigenvalue weighted by Crippen LogP contribution is 2.33. The number of nitrogens with zero attached hydrogens (tertiary/aromatic N) is 2. The first kappa shape index (κ1) is 30.2. The van der Waals surface area contributed by atoms with Crippen LogP contribution in [0.15, 0.2) is 85.5 Å². The second-order valence-electron chi connectivity index (χ2n) is 10.4. The maximum absolute atomic E-state index is 5.00. The average molecular weight is 550 g/mol. The Bertz CT molecular complexity index is 1590. The van der Waals surface area contributed by atoms with Gasteiger partial charge in [-0.3, -0.25) is 4.98 Å². The van der Waals surface area contributed by atoms with Crippen LogP contribution >= 0.6 is 11.3 Å². The smallest absolute Gasteiger partial charge is 0.111 e. The number of benzene rings is 1. The highest BCUT2D eigenvalue weighted by atomic mass is 32.1. The maximum atomic E-state index is 5.00. The molecular formula is C34H39N5S. The summed E-state index contributed by atoms with van der Waals surface area (Å²) < 4.78 is 0. The number of nitrogens with one attached hydrogen (secondary N) is 3. The van der Waals surface area contributed by atoms with Crippen LogP contribution in [0.3, 0.4) is 0 Å². The molecule has 0 radical (unpaired) electrons. The molecule has 0 fully saturated rings. The van der Waals surface area contributed by atoms with Gasteiger partial charge in [-0.2, -0.15) is 0 Å². The SMILES string of the molecule is C#C.C=C/C(=C\C(=C/C)c1ccc(NC)c(Cc2nc3c(-c4ccc(C)s4)cncc3[nH]2)c1)NC(=C)C(C)(C)C. The third kappa shape index (κ3) is 6.99. The fraction of sp³-hybridized carbons (Fsp3) is 0.235. The lowest BCUT2D eigenvalue weighted by atomic mass is 9.92. The zero-order chi connectivity index (χ0) is 29.4. The predicted molar refractivity (Wildman–Crippen MR) is 174 cm³/mol. The fourth-order valence-electron chi connectivity index (χ4n) is 4.18. The Kier molecular flexibility index (Phi) is 9.93. The van der Waals surface area contributed by atoms with Crippen molar-refractivity contribution in [1.82, 2.24) is 20.3 Å². The summed E-state index contributed by atoms with van der Waals surface area (Å²) in [5.41, 5.74) is 9.23. The van der Waals surface area contributed by atoms with Crippen LogP contribution in [0.5, 0.6) is 0 Å². The lowest BCUT2D eigenvalue weighted by molar-refractivity contribution is 0.478. The fourth-order valence-corrected chi connectivity index (χ4v) is 5.06. The molecule has 0 aliphatic carbocycles. The lowest BCUT2D eigenvalue weighted by Crippen LogP contribution is -2.22. The van der Waals surface area contributed by atoms with Crippen LogP contribution in [0, 0.1) is 25.2 Å². The van der Waals surface area contributed by atoms with Crippen molar-refractivity contribution in [3.63, 3.8) is 0 Å². The number of terminal acetylenes is 1. The first-order chi connectivity index (χ1) is 19.1. The topological polar surface area (TPSA) is 65.6 Å². The summed E-state index contributed by atoms with van der Waals surface area (Å²) in [6.07, 6.45) is 18.5. The molecule has 4 rings (SSSR count). The first-order valence-corrected chi connectivity index (χ1v) is 13.9. The number of aryl methyl sites for hydroxylation is 1. The van der Waals surface area contributed by atoms with Crippen LogP contribution in [0.2, 0.25) is 0 Å². The number of anilines is 1. The van der Waals surface area contributed by atoms with E-state index in [2.05, 4.69) is 124 Å². The minimum absolute atomic E-state index is 0.0515. The van der Waals surface area contributed by atoms with Crippen molar-refractivity contribution in [1.29, 1.82) is 0 Å². The number of hydrogen-bond acceptors (Lipinski definition) is 5. The Morgan fingerprint density at radius 2 is 1.90 bits per heavy atom. The van der Waals surface area contributed by atoms with Crippen molar-refractivity contribution in [3.8, 4) is 23.3 Å². The standard InChI is InChI=1S/C32H37N5S.C2H2/c1-9-22(16-25(10-2)35-21(4)32(5,6)7)23-12-13-27(33-8)24(15-23)17-30-36-28-19-34-18-26(31(28)37-30)29-14-11-20(3)38-29;1-2/h9-16,18-19,33,35H,2,4,17H2,1,3,5-8H3,(H,36,37);1-2H/b22-9+,25-16+;. The maximum Gasteiger partial charge on any atom is 0.111 e. The third-order valence-electron chi connectivity index (χ3n) is 6.56. The van der Waals surface area contributed by atoms with Crippen molar-refractivity contribution in [2.24, 2.45) is 5.41 Å². The Morgan fingerprint density at radius 3 is 2.50 bits per heavy atom. The second-order valence-corrected chi connectivity index (χ2v) is 11.7. The van der Waals surface area contributed by atoms with Gasteiger partial charge in [-0.1, -0.05) is 46.1 Å². The molecule has 0 aliphatic heterocycles. The van der Waals surface area contributed by atoms with Gasteiger partial charge in [0.1, 0.15) is 11.3 Å². The molecule has 0 aliphatic rings. The highest BCUT2D eigenvalue weighted by molar-refractivity contribution is 7.15. The van der Waals surface area contributed by atoms with Crippen LogP contribution in [0.1, 0.15) is 49.5 Å². The number of fused-ring (bicyclic) bond motifs is 1. The van der Waals surface area contributed by atoms with Gasteiger partial charge in [-0.05, 0) is 67.0 Å². The number of hydrogen-bond donors (Lipinski definition) is 3. The minimum atomic E-state index is -0.0515. The van der Waals surface area contributed by atoms with E-state index in [1.165, 1.54) is 9.75 Å². The van der Waals surface area contributed by atoms with E-state index in [1.807, 2.05) is 25.5 Å². The van der Waals surface area contributed by atoms with E-state index in [9.17, 15) is 0 Å². The zero-order valence-corrected chi connectivity index (χ0v) is 25.2. The van der Waals surface area contributed by atoms with Crippen LogP contribution in [-0.2, 0) is 6.42 Å². The molecule has 4 aromatic rings. The third-order valence-corrected chi connectivity index (χ3v) is 7.59. The molecule has 40 heavy (non-hydrogen) atoms. The first-order valence-electron chi connectivity index (χ1n) is 13.1. The number of aromatic amines is 1. The Morgan fingerprint density at radius 1 is 1.15 bits per heavy atom. The summed E-state index contributed by atoms with van der Waals surface area (Å²) in [4.78, 5) is 15.4. The molecule has 3 N–H and O–H groups in total. The number of allylic oxidation sites excluding steroid dienone is 5. The normalized spacial score (nSPS) is 12.0. The molecule has 0 saturated heterocycles. The number of rotatable bonds is 9. The van der Waals surface area contributed by atoms with Crippen LogP contribution in [0.25, 0.3) is 27.0 Å². The van der Waals surface area contributed by atoms with E-state index in [0.29, 0.717) is 6.42 Å². The molecule has 3 aromatic heterocycles. The lowest BCUT2D eigenvalue weighted by Gasteiger charge is -2.24. The molecule has 0 unspecified atom stereocenters. The van der Waals surface area contributed by atoms with Gasteiger partial charge < -0.3 is 15.6 Å². The quantitative estimate of drug-likeness (QED) is 0.145. The van der Waals surface area contributed by atoms with Gasteiger partial charge in [0.2, 0.25) is 0 Å². The average Bonchev–Trinajstić information content (AvgIpc) is 3.56. The highest BCUT2D eigenvalue weighted by Gasteiger charge is 2.16. The predicted octanol–water partition coefficient (Wildman–Crippen LogP) is 8.50. The van der Waals surface area contributed by atoms with Gasteiger partial charge in [0.05, 0.1) is 11.7 Å². The molecule has 0 atom stereocenters. The van der Waals surface area contributed by atoms with E-state index >= 15 is 0 Å². The van der Waals surface area contributed by atoms with E-state index in [0.717, 1.165) is 56.2 Å². The minimum Gasteiger partial charge on any atom is -0.388 e. The van der Waals surface area contributed by atoms with Crippen molar-refractivity contribution >= 4 is 33.6 Å². The molecule has 0 spiro atoms. The largest absolute Gasteiger partial charge is 0.388 e. The summed E-state index contributed by atoms with van der Waals surface area (Å²) in [7, 11) is 1.95. The summed E-state index contributed by atoms with van der Waals surface area (Å²) in [5, 5.41) is 6.77. The van der Waals surface area contributed by atoms with E-state index in [1.54, 1.807) is 11.3 Å². The molecular weight excluding hydrogens is 510 g/mol. The van der Waals surface area contributed by atoms with E-state index < -0.39 is 0 Å². The zero-order valence-electron chi connectivity index (χ0n) is 24.4. The Balaban J connectivity index is 0.00000216. The van der Waals surface area contributed by atoms with Crippen molar-refractivity contribution in [2.45, 2.75) is 41.0 Å². The molecule has 3 heterocycles. The molecule has 206 valence electrons. The number of thiophene rings is 1. The van der Waals surface area contributed by atoms with Gasteiger partial charge in [0.15, 0.2) is 0 Å². The van der Waals surface area contributed by atoms with Crippen LogP contribution in [-0.4, -0.2) is 22.0 Å². The molecule has 1 aromatic carbocycles. The van der Waals surface area contributed by atoms with E-state index in [4.69, 9.17) is 4.98 Å². The van der Waals surface area contributed by atoms with Crippen molar-refractivity contribution < 1.29 is 0 Å². The Labute approximate surface area is 242 Å². The van der Waals surface area contributed by atoms with Gasteiger partial charge in [0.25, 0.3) is 0 Å². The summed E-state index contributed by atoms with van der Waals surface area (Å²) in [6.45, 7) is 18.8. The molecule has 0 saturated carbocycles. The second kappa shape index (κ2) is 13.1. The van der Waals surface area contributed by atoms with Gasteiger partial charge in [-0.15, -0.1) is 24.2 Å². The number of aromatic nitrogens is 3. The van der Waals surface area contributed by atoms with Crippen LogP contribution in [0.4, 0.5) is 5.69 Å². The summed E-state index contributed by atoms with van der Waals surface area (Å²) in [6, 6.07) is 10.8. The molecule has 0 amide bonds. The van der Waals surface area contributed by atoms with Gasteiger partial charge in [-0.25, -0.2) is 4.98 Å². The van der Waals surface area contributed by atoms with Gasteiger partial charge >= 0.3 is 0 Å². The monoisotopic (exact) mass is 549 g/mol. The number of H-pyrrole nitrogens is 1. The Hall–Kier alpha value is -4.34. The molecule has 6 heteroatoms. The molecule has 0 bridgehead atoms. The number of pyridine rings is 1. The number of imidazole rings is 1. The van der Waals surface area contributed by atoms with E-state index in [-0.39, 0.29) is 5.41 Å². The van der Waals surface area contributed by atoms with Crippen LogP contribution < -0.4 is 10.6 Å². The molecule has 5 nitrogen and oxygen atoms in total. The summed E-state index contributed by atoms with van der Waals surface area (Å²) in [5.74, 6) is 0.906. The van der Waals surface area contributed by atoms with Crippen molar-refractivity contribution in [3.05, 3.63) is 107 Å².